The van der Waals surface area contributed by atoms with Crippen molar-refractivity contribution in [1.82, 2.24) is 10.6 Å². The molecule has 116 valence electrons. The van der Waals surface area contributed by atoms with Crippen molar-refractivity contribution in [2.75, 3.05) is 25.5 Å². The molecule has 0 fully saturated rings. The summed E-state index contributed by atoms with van der Waals surface area (Å²) in [6.07, 6.45) is 0. The summed E-state index contributed by atoms with van der Waals surface area (Å²) in [4.78, 5) is 0. The lowest BCUT2D eigenvalue weighted by Gasteiger charge is -2.29. The molecule has 0 amide bonds. The fraction of sp³-hybridized carbons (Fsp3) is 1.00. The van der Waals surface area contributed by atoms with Crippen LogP contribution in [-0.4, -0.2) is 61.4 Å². The lowest BCUT2D eigenvalue weighted by atomic mass is 10.2. The van der Waals surface area contributed by atoms with Crippen LogP contribution in [0.15, 0.2) is 0 Å². The molecule has 0 saturated heterocycles. The first-order chi connectivity index (χ1) is 8.56. The van der Waals surface area contributed by atoms with Gasteiger partial charge in [-0.2, -0.15) is 8.42 Å². The van der Waals surface area contributed by atoms with Crippen molar-refractivity contribution in [2.24, 2.45) is 0 Å². The van der Waals surface area contributed by atoms with Crippen molar-refractivity contribution < 1.29 is 22.8 Å². The third-order valence-corrected chi connectivity index (χ3v) is 3.07. The van der Waals surface area contributed by atoms with Gasteiger partial charge in [-0.1, -0.05) is 13.8 Å². The van der Waals surface area contributed by atoms with Gasteiger partial charge in [-0.05, 0) is 13.8 Å². The molecule has 0 aromatic heterocycles. The summed E-state index contributed by atoms with van der Waals surface area (Å²) in [5.41, 5.74) is -0.739. The highest BCUT2D eigenvalue weighted by molar-refractivity contribution is 7.85. The molecule has 0 bridgehead atoms. The zero-order valence-electron chi connectivity index (χ0n) is 12.0. The van der Waals surface area contributed by atoms with Gasteiger partial charge in [0, 0.05) is 12.6 Å². The first-order valence-electron chi connectivity index (χ1n) is 6.27. The summed E-state index contributed by atoms with van der Waals surface area (Å²) in [5.74, 6) is -0.368. The van der Waals surface area contributed by atoms with Crippen molar-refractivity contribution in [3.05, 3.63) is 0 Å². The van der Waals surface area contributed by atoms with Gasteiger partial charge in [-0.15, -0.1) is 0 Å². The number of hydrogen-bond donors (Lipinski definition) is 4. The number of ether oxygens (including phenoxy) is 1. The Morgan fingerprint density at radius 2 is 1.89 bits per heavy atom. The van der Waals surface area contributed by atoms with Crippen molar-refractivity contribution >= 4 is 10.1 Å². The van der Waals surface area contributed by atoms with Crippen molar-refractivity contribution in [2.45, 2.75) is 45.5 Å². The van der Waals surface area contributed by atoms with Gasteiger partial charge in [-0.25, -0.2) is 0 Å². The van der Waals surface area contributed by atoms with E-state index in [9.17, 15) is 13.5 Å². The monoisotopic (exact) mass is 298 g/mol. The molecule has 4 N–H and O–H groups in total. The smallest absolute Gasteiger partial charge is 0.266 e. The zero-order valence-corrected chi connectivity index (χ0v) is 12.8. The van der Waals surface area contributed by atoms with Crippen LogP contribution in [0.4, 0.5) is 0 Å². The second-order valence-electron chi connectivity index (χ2n) is 5.23. The quantitative estimate of drug-likeness (QED) is 0.320. The standard InChI is InChI=1S/C11H26N2O5S/c1-9(2)13-10(7-14)8-18-11(3,4)12-5-6-19(15,16)17/h9-10,12-14H,5-8H2,1-4H3,(H,15,16,17). The molecule has 19 heavy (non-hydrogen) atoms. The lowest BCUT2D eigenvalue weighted by Crippen LogP contribution is -2.48. The molecule has 0 rings (SSSR count). The van der Waals surface area contributed by atoms with E-state index in [2.05, 4.69) is 10.6 Å². The predicted octanol–water partition coefficient (Wildman–Crippen LogP) is -0.425. The number of hydrogen-bond acceptors (Lipinski definition) is 6. The van der Waals surface area contributed by atoms with Crippen LogP contribution >= 0.6 is 0 Å². The molecule has 0 saturated carbocycles. The molecule has 8 heteroatoms. The van der Waals surface area contributed by atoms with Crippen LogP contribution in [0, 0.1) is 0 Å². The molecule has 0 aliphatic heterocycles. The molecule has 0 spiro atoms. The van der Waals surface area contributed by atoms with Gasteiger partial charge in [0.2, 0.25) is 0 Å². The minimum atomic E-state index is -3.97. The largest absolute Gasteiger partial charge is 0.395 e. The summed E-state index contributed by atoms with van der Waals surface area (Å²) in [6, 6.07) is 0.0546. The van der Waals surface area contributed by atoms with Gasteiger partial charge in [0.1, 0.15) is 5.72 Å². The van der Waals surface area contributed by atoms with Crippen LogP contribution < -0.4 is 10.6 Å². The Labute approximate surface area is 115 Å². The molecule has 0 aliphatic carbocycles. The van der Waals surface area contributed by atoms with Gasteiger partial charge in [0.25, 0.3) is 10.1 Å². The number of nitrogens with one attached hydrogen (secondary N) is 2. The van der Waals surface area contributed by atoms with E-state index in [4.69, 9.17) is 9.29 Å². The Kier molecular flexibility index (Phi) is 8.02. The Hall–Kier alpha value is -0.250. The van der Waals surface area contributed by atoms with Crippen molar-refractivity contribution in [3.63, 3.8) is 0 Å². The van der Waals surface area contributed by atoms with Crippen LogP contribution in [0.25, 0.3) is 0 Å². The Bertz CT molecular complexity index is 343. The highest BCUT2D eigenvalue weighted by Crippen LogP contribution is 2.05. The molecule has 0 aliphatic rings. The van der Waals surface area contributed by atoms with Gasteiger partial charge in [0.05, 0.1) is 25.0 Å². The molecule has 0 aromatic rings. The normalized spacial score (nSPS) is 14.9. The second kappa shape index (κ2) is 8.13. The molecule has 1 unspecified atom stereocenters. The number of aliphatic hydroxyl groups is 1. The maximum atomic E-state index is 10.6. The van der Waals surface area contributed by atoms with E-state index >= 15 is 0 Å². The topological polar surface area (TPSA) is 108 Å². The van der Waals surface area contributed by atoms with Crippen LogP contribution in [0.5, 0.6) is 0 Å². The summed E-state index contributed by atoms with van der Waals surface area (Å²) >= 11 is 0. The maximum Gasteiger partial charge on any atom is 0.266 e. The first-order valence-corrected chi connectivity index (χ1v) is 7.87. The molecular formula is C11H26N2O5S. The molecule has 0 aromatic carbocycles. The summed E-state index contributed by atoms with van der Waals surface area (Å²) in [7, 11) is -3.97. The number of rotatable bonds is 10. The molecule has 7 nitrogen and oxygen atoms in total. The summed E-state index contributed by atoms with van der Waals surface area (Å²) in [6.45, 7) is 7.78. The van der Waals surface area contributed by atoms with Crippen LogP contribution in [0.3, 0.4) is 0 Å². The van der Waals surface area contributed by atoms with E-state index in [1.807, 2.05) is 13.8 Å². The second-order valence-corrected chi connectivity index (χ2v) is 6.81. The Morgan fingerprint density at radius 3 is 2.32 bits per heavy atom. The van der Waals surface area contributed by atoms with Crippen LogP contribution in [-0.2, 0) is 14.9 Å². The fourth-order valence-corrected chi connectivity index (χ4v) is 1.83. The van der Waals surface area contributed by atoms with E-state index < -0.39 is 15.8 Å². The van der Waals surface area contributed by atoms with E-state index in [0.29, 0.717) is 6.61 Å². The first kappa shape index (κ1) is 18.8. The Balaban J connectivity index is 4.07. The highest BCUT2D eigenvalue weighted by atomic mass is 32.2. The fourth-order valence-electron chi connectivity index (χ4n) is 1.47. The van der Waals surface area contributed by atoms with Gasteiger partial charge < -0.3 is 15.2 Å². The van der Waals surface area contributed by atoms with Crippen LogP contribution in [0.2, 0.25) is 0 Å². The predicted molar refractivity (Wildman–Crippen MR) is 73.6 cm³/mol. The minimum Gasteiger partial charge on any atom is -0.395 e. The SMILES string of the molecule is CC(C)NC(CO)COC(C)(C)NCCS(=O)(=O)O. The maximum absolute atomic E-state index is 10.6. The van der Waals surface area contributed by atoms with Crippen molar-refractivity contribution in [1.29, 1.82) is 0 Å². The average Bonchev–Trinajstić information content (AvgIpc) is 2.21. The third-order valence-electron chi connectivity index (χ3n) is 2.35. The number of aliphatic hydroxyl groups excluding tert-OH is 1. The van der Waals surface area contributed by atoms with Gasteiger partial charge in [0.15, 0.2) is 0 Å². The average molecular weight is 298 g/mol. The van der Waals surface area contributed by atoms with Crippen LogP contribution in [0.1, 0.15) is 27.7 Å². The molecule has 1 atom stereocenters. The summed E-state index contributed by atoms with van der Waals surface area (Å²) < 4.78 is 35.4. The van der Waals surface area contributed by atoms with Crippen molar-refractivity contribution in [3.8, 4) is 0 Å². The van der Waals surface area contributed by atoms with Gasteiger partial charge >= 0.3 is 0 Å². The molecule has 0 heterocycles. The van der Waals surface area contributed by atoms with E-state index in [0.717, 1.165) is 0 Å². The van der Waals surface area contributed by atoms with Gasteiger partial charge in [-0.3, -0.25) is 9.87 Å². The summed E-state index contributed by atoms with van der Waals surface area (Å²) in [5, 5.41) is 15.2. The van der Waals surface area contributed by atoms with E-state index in [-0.39, 0.29) is 31.0 Å². The van der Waals surface area contributed by atoms with E-state index in [1.165, 1.54) is 0 Å². The molecule has 0 radical (unpaired) electrons. The Morgan fingerprint density at radius 1 is 1.32 bits per heavy atom. The molecular weight excluding hydrogens is 272 g/mol. The van der Waals surface area contributed by atoms with E-state index in [1.54, 1.807) is 13.8 Å². The zero-order chi connectivity index (χ0) is 15.1. The highest BCUT2D eigenvalue weighted by Gasteiger charge is 2.20. The third kappa shape index (κ3) is 11.3. The minimum absolute atomic E-state index is 0.0424. The lowest BCUT2D eigenvalue weighted by molar-refractivity contribution is -0.0562.